The molecule has 1 aromatic heterocycles. The van der Waals surface area contributed by atoms with Crippen molar-refractivity contribution in [3.05, 3.63) is 40.1 Å². The average molecular weight is 371 g/mol. The summed E-state index contributed by atoms with van der Waals surface area (Å²) in [6, 6.07) is 4.73. The third-order valence-corrected chi connectivity index (χ3v) is 3.81. The molecule has 0 saturated heterocycles. The second-order valence-corrected chi connectivity index (χ2v) is 5.97. The fourth-order valence-corrected chi connectivity index (χ4v) is 2.43. The van der Waals surface area contributed by atoms with Gasteiger partial charge in [-0.3, -0.25) is 9.59 Å². The van der Waals surface area contributed by atoms with Gasteiger partial charge in [-0.1, -0.05) is 35.0 Å². The zero-order valence-corrected chi connectivity index (χ0v) is 14.5. The van der Waals surface area contributed by atoms with Crippen molar-refractivity contribution in [3.8, 4) is 0 Å². The zero-order valence-electron chi connectivity index (χ0n) is 12.2. The van der Waals surface area contributed by atoms with Crippen LogP contribution in [0.15, 0.2) is 29.6 Å². The van der Waals surface area contributed by atoms with Crippen LogP contribution in [0.2, 0.25) is 10.0 Å². The van der Waals surface area contributed by atoms with Crippen molar-refractivity contribution in [1.82, 2.24) is 9.97 Å². The molecule has 9 heteroatoms. The Kier molecular flexibility index (Phi) is 5.81. The van der Waals surface area contributed by atoms with Gasteiger partial charge in [-0.15, -0.1) is 0 Å². The van der Waals surface area contributed by atoms with Gasteiger partial charge in [-0.25, -0.2) is 9.97 Å². The predicted octanol–water partition coefficient (Wildman–Crippen LogP) is 3.72. The Morgan fingerprint density at radius 3 is 2.52 bits per heavy atom. The van der Waals surface area contributed by atoms with Crippen molar-refractivity contribution < 1.29 is 9.59 Å². The molecule has 0 fully saturated rings. The first-order valence-electron chi connectivity index (χ1n) is 6.35. The summed E-state index contributed by atoms with van der Waals surface area (Å²) in [4.78, 5) is 31.4. The lowest BCUT2D eigenvalue weighted by Crippen LogP contribution is -2.15. The van der Waals surface area contributed by atoms with Crippen LogP contribution in [-0.2, 0) is 4.79 Å². The zero-order chi connectivity index (χ0) is 17.0. The molecular formula is C14H12Cl2N4O2S. The molecule has 0 unspecified atom stereocenters. The number of amides is 2. The summed E-state index contributed by atoms with van der Waals surface area (Å²) < 4.78 is 0. The third-order valence-electron chi connectivity index (χ3n) is 2.66. The Balaban J connectivity index is 2.20. The molecule has 0 aliphatic carbocycles. The maximum atomic E-state index is 12.3. The number of aromatic nitrogens is 2. The summed E-state index contributed by atoms with van der Waals surface area (Å²) in [7, 11) is 0. The van der Waals surface area contributed by atoms with Crippen LogP contribution < -0.4 is 10.6 Å². The molecule has 0 aliphatic heterocycles. The molecule has 0 atom stereocenters. The van der Waals surface area contributed by atoms with E-state index in [-0.39, 0.29) is 16.6 Å². The minimum atomic E-state index is -0.476. The van der Waals surface area contributed by atoms with Gasteiger partial charge in [0.05, 0.1) is 21.9 Å². The van der Waals surface area contributed by atoms with Crippen LogP contribution in [0.5, 0.6) is 0 Å². The highest BCUT2D eigenvalue weighted by Gasteiger charge is 2.15. The van der Waals surface area contributed by atoms with Crippen LogP contribution >= 0.6 is 35.0 Å². The number of rotatable bonds is 4. The highest BCUT2D eigenvalue weighted by atomic mass is 35.5. The third kappa shape index (κ3) is 4.57. The summed E-state index contributed by atoms with van der Waals surface area (Å²) >= 11 is 13.3. The van der Waals surface area contributed by atoms with E-state index in [1.807, 2.05) is 0 Å². The molecule has 2 rings (SSSR count). The van der Waals surface area contributed by atoms with Crippen LogP contribution in [0.1, 0.15) is 17.4 Å². The average Bonchev–Trinajstić information content (AvgIpc) is 2.50. The molecule has 6 nitrogen and oxygen atoms in total. The Morgan fingerprint density at radius 2 is 1.91 bits per heavy atom. The van der Waals surface area contributed by atoms with E-state index in [1.165, 1.54) is 30.9 Å². The van der Waals surface area contributed by atoms with Gasteiger partial charge in [0.25, 0.3) is 5.91 Å². The summed E-state index contributed by atoms with van der Waals surface area (Å²) in [5.74, 6) is -0.711. The van der Waals surface area contributed by atoms with Gasteiger partial charge in [-0.05, 0) is 24.5 Å². The number of benzene rings is 1. The molecule has 0 bridgehead atoms. The highest BCUT2D eigenvalue weighted by Crippen LogP contribution is 2.26. The highest BCUT2D eigenvalue weighted by molar-refractivity contribution is 7.98. The molecule has 0 radical (unpaired) electrons. The van der Waals surface area contributed by atoms with E-state index in [9.17, 15) is 9.59 Å². The summed E-state index contributed by atoms with van der Waals surface area (Å²) in [5, 5.41) is 6.13. The largest absolute Gasteiger partial charge is 0.325 e. The normalized spacial score (nSPS) is 10.3. The lowest BCUT2D eigenvalue weighted by atomic mass is 10.2. The summed E-state index contributed by atoms with van der Waals surface area (Å²) in [5.41, 5.74) is 0.990. The fourth-order valence-electron chi connectivity index (χ4n) is 1.68. The number of halogens is 2. The maximum Gasteiger partial charge on any atom is 0.275 e. The second kappa shape index (κ2) is 7.63. The van der Waals surface area contributed by atoms with Gasteiger partial charge < -0.3 is 10.6 Å². The molecule has 0 aliphatic rings. The first kappa shape index (κ1) is 17.5. The lowest BCUT2D eigenvalue weighted by molar-refractivity contribution is -0.114. The van der Waals surface area contributed by atoms with Gasteiger partial charge in [-0.2, -0.15) is 0 Å². The predicted molar refractivity (Wildman–Crippen MR) is 92.5 cm³/mol. The number of anilines is 2. The summed E-state index contributed by atoms with van der Waals surface area (Å²) in [6.07, 6.45) is 3.17. The molecule has 1 heterocycles. The van der Waals surface area contributed by atoms with E-state index < -0.39 is 5.91 Å². The number of carbonyl (C=O) groups excluding carboxylic acids is 2. The van der Waals surface area contributed by atoms with Crippen molar-refractivity contribution in [2.75, 3.05) is 16.9 Å². The van der Waals surface area contributed by atoms with E-state index in [0.29, 0.717) is 21.6 Å². The first-order chi connectivity index (χ1) is 10.9. The van der Waals surface area contributed by atoms with E-state index in [4.69, 9.17) is 23.2 Å². The molecule has 2 amide bonds. The molecule has 120 valence electrons. The van der Waals surface area contributed by atoms with E-state index in [0.717, 1.165) is 0 Å². The topological polar surface area (TPSA) is 84.0 Å². The van der Waals surface area contributed by atoms with Gasteiger partial charge in [0.15, 0.2) is 10.9 Å². The van der Waals surface area contributed by atoms with Gasteiger partial charge >= 0.3 is 0 Å². The van der Waals surface area contributed by atoms with Crippen LogP contribution in [0.4, 0.5) is 11.4 Å². The molecule has 0 saturated carbocycles. The van der Waals surface area contributed by atoms with Gasteiger partial charge in [0.1, 0.15) is 0 Å². The lowest BCUT2D eigenvalue weighted by Gasteiger charge is -2.09. The molecule has 2 N–H and O–H groups in total. The SMILES string of the molecule is CSc1ncc(Cl)c(C(=O)Nc2ccc(NC(C)=O)c(Cl)c2)n1. The van der Waals surface area contributed by atoms with Crippen molar-refractivity contribution in [2.24, 2.45) is 0 Å². The quantitative estimate of drug-likeness (QED) is 0.632. The second-order valence-electron chi connectivity index (χ2n) is 4.38. The number of nitrogens with one attached hydrogen (secondary N) is 2. The Labute approximate surface area is 147 Å². The number of thioether (sulfide) groups is 1. The fraction of sp³-hybridized carbons (Fsp3) is 0.143. The van der Waals surface area contributed by atoms with Crippen LogP contribution in [-0.4, -0.2) is 28.0 Å². The van der Waals surface area contributed by atoms with E-state index in [1.54, 1.807) is 18.4 Å². The molecule has 23 heavy (non-hydrogen) atoms. The van der Waals surface area contributed by atoms with Gasteiger partial charge in [0, 0.05) is 12.6 Å². The molecular weight excluding hydrogens is 359 g/mol. The van der Waals surface area contributed by atoms with E-state index in [2.05, 4.69) is 20.6 Å². The van der Waals surface area contributed by atoms with Crippen LogP contribution in [0, 0.1) is 0 Å². The number of carbonyl (C=O) groups is 2. The maximum absolute atomic E-state index is 12.3. The Bertz CT molecular complexity index is 770. The van der Waals surface area contributed by atoms with Crippen LogP contribution in [0.25, 0.3) is 0 Å². The molecule has 1 aromatic carbocycles. The van der Waals surface area contributed by atoms with Gasteiger partial charge in [0.2, 0.25) is 5.91 Å². The minimum absolute atomic E-state index is 0.0769. The number of hydrogen-bond acceptors (Lipinski definition) is 5. The summed E-state index contributed by atoms with van der Waals surface area (Å²) in [6.45, 7) is 1.38. The van der Waals surface area contributed by atoms with Crippen molar-refractivity contribution in [1.29, 1.82) is 0 Å². The van der Waals surface area contributed by atoms with E-state index >= 15 is 0 Å². The van der Waals surface area contributed by atoms with Crippen molar-refractivity contribution in [3.63, 3.8) is 0 Å². The Hall–Kier alpha value is -1.83. The standard InChI is InChI=1S/C14H12Cl2N4O2S/c1-7(21)18-11-4-3-8(5-9(11)15)19-13(22)12-10(16)6-17-14(20-12)23-2/h3-6H,1-2H3,(H,18,21)(H,19,22). The van der Waals surface area contributed by atoms with Crippen LogP contribution in [0.3, 0.4) is 0 Å². The van der Waals surface area contributed by atoms with Crippen molar-refractivity contribution >= 4 is 58.2 Å². The Morgan fingerprint density at radius 1 is 1.17 bits per heavy atom. The first-order valence-corrected chi connectivity index (χ1v) is 8.33. The minimum Gasteiger partial charge on any atom is -0.325 e. The smallest absolute Gasteiger partial charge is 0.275 e. The molecule has 0 spiro atoms. The number of nitrogens with zero attached hydrogens (tertiary/aromatic N) is 2. The number of hydrogen-bond donors (Lipinski definition) is 2. The molecule has 2 aromatic rings. The monoisotopic (exact) mass is 370 g/mol. The van der Waals surface area contributed by atoms with Crippen molar-refractivity contribution in [2.45, 2.75) is 12.1 Å².